The standard InChI is InChI=1S/C19H19N3/c1-12-2-4-13(5-3-12)16-8-6-14(10-18(16)21)17-9-7-15(20)11-19(17)22/h2-11H,20-22H2,1H3. The highest BCUT2D eigenvalue weighted by molar-refractivity contribution is 5.85. The van der Waals surface area contributed by atoms with Crippen molar-refractivity contribution in [2.24, 2.45) is 0 Å². The Balaban J connectivity index is 2.03. The van der Waals surface area contributed by atoms with Crippen LogP contribution in [0.1, 0.15) is 5.56 Å². The minimum absolute atomic E-state index is 0.655. The van der Waals surface area contributed by atoms with Crippen LogP contribution in [0.2, 0.25) is 0 Å². The van der Waals surface area contributed by atoms with E-state index in [1.54, 1.807) is 6.07 Å². The molecule has 0 amide bonds. The number of hydrogen-bond donors (Lipinski definition) is 3. The van der Waals surface area contributed by atoms with Gasteiger partial charge in [0.1, 0.15) is 0 Å². The number of nitrogen functional groups attached to an aromatic ring is 3. The molecule has 0 aliphatic rings. The summed E-state index contributed by atoms with van der Waals surface area (Å²) in [6.45, 7) is 2.07. The fourth-order valence-electron chi connectivity index (χ4n) is 2.57. The Morgan fingerprint density at radius 3 is 1.77 bits per heavy atom. The maximum Gasteiger partial charge on any atom is 0.0414 e. The summed E-state index contributed by atoms with van der Waals surface area (Å²) in [5, 5.41) is 0. The first kappa shape index (κ1) is 14.0. The first-order chi connectivity index (χ1) is 10.5. The highest BCUT2D eigenvalue weighted by Crippen LogP contribution is 2.33. The van der Waals surface area contributed by atoms with E-state index in [1.165, 1.54) is 5.56 Å². The van der Waals surface area contributed by atoms with E-state index in [1.807, 2.05) is 30.3 Å². The molecule has 110 valence electrons. The van der Waals surface area contributed by atoms with Crippen LogP contribution in [0, 0.1) is 6.92 Å². The summed E-state index contributed by atoms with van der Waals surface area (Å²) in [5.74, 6) is 0. The van der Waals surface area contributed by atoms with Crippen LogP contribution in [0.3, 0.4) is 0 Å². The quantitative estimate of drug-likeness (QED) is 0.622. The summed E-state index contributed by atoms with van der Waals surface area (Å²) in [5.41, 5.74) is 25.4. The normalized spacial score (nSPS) is 10.6. The molecule has 0 bridgehead atoms. The number of aryl methyl sites for hydroxylation is 1. The summed E-state index contributed by atoms with van der Waals surface area (Å²) < 4.78 is 0. The lowest BCUT2D eigenvalue weighted by Crippen LogP contribution is -1.95. The van der Waals surface area contributed by atoms with Gasteiger partial charge in [-0.15, -0.1) is 0 Å². The molecule has 0 atom stereocenters. The van der Waals surface area contributed by atoms with Gasteiger partial charge >= 0.3 is 0 Å². The Labute approximate surface area is 130 Å². The zero-order valence-electron chi connectivity index (χ0n) is 12.5. The van der Waals surface area contributed by atoms with Crippen LogP contribution in [-0.2, 0) is 0 Å². The van der Waals surface area contributed by atoms with E-state index in [9.17, 15) is 0 Å². The van der Waals surface area contributed by atoms with Gasteiger partial charge in [0.05, 0.1) is 0 Å². The van der Waals surface area contributed by atoms with Gasteiger partial charge in [-0.2, -0.15) is 0 Å². The molecule has 0 spiro atoms. The molecule has 0 saturated heterocycles. The van der Waals surface area contributed by atoms with Crippen LogP contribution in [-0.4, -0.2) is 0 Å². The van der Waals surface area contributed by atoms with Gasteiger partial charge in [0.15, 0.2) is 0 Å². The monoisotopic (exact) mass is 289 g/mol. The summed E-state index contributed by atoms with van der Waals surface area (Å²) in [6, 6.07) is 19.9. The maximum atomic E-state index is 6.24. The number of nitrogens with two attached hydrogens (primary N) is 3. The van der Waals surface area contributed by atoms with E-state index in [4.69, 9.17) is 17.2 Å². The fourth-order valence-corrected chi connectivity index (χ4v) is 2.57. The van der Waals surface area contributed by atoms with Gasteiger partial charge < -0.3 is 17.2 Å². The van der Waals surface area contributed by atoms with Crippen LogP contribution < -0.4 is 17.2 Å². The van der Waals surface area contributed by atoms with Crippen molar-refractivity contribution in [2.75, 3.05) is 17.2 Å². The van der Waals surface area contributed by atoms with Gasteiger partial charge in [-0.3, -0.25) is 0 Å². The third-order valence-corrected chi connectivity index (χ3v) is 3.80. The Morgan fingerprint density at radius 1 is 0.591 bits per heavy atom. The molecule has 3 aromatic rings. The lowest BCUT2D eigenvalue weighted by Gasteiger charge is -2.11. The van der Waals surface area contributed by atoms with E-state index in [0.29, 0.717) is 11.4 Å². The third-order valence-electron chi connectivity index (χ3n) is 3.80. The minimum Gasteiger partial charge on any atom is -0.399 e. The van der Waals surface area contributed by atoms with E-state index >= 15 is 0 Å². The lowest BCUT2D eigenvalue weighted by atomic mass is 9.97. The second kappa shape index (κ2) is 5.45. The first-order valence-electron chi connectivity index (χ1n) is 7.16. The van der Waals surface area contributed by atoms with Crippen molar-refractivity contribution < 1.29 is 0 Å². The average Bonchev–Trinajstić information content (AvgIpc) is 2.48. The largest absolute Gasteiger partial charge is 0.399 e. The van der Waals surface area contributed by atoms with Crippen LogP contribution in [0.5, 0.6) is 0 Å². The molecule has 0 aliphatic carbocycles. The van der Waals surface area contributed by atoms with Crippen molar-refractivity contribution in [3.8, 4) is 22.3 Å². The van der Waals surface area contributed by atoms with Crippen molar-refractivity contribution in [1.29, 1.82) is 0 Å². The summed E-state index contributed by atoms with van der Waals surface area (Å²) in [4.78, 5) is 0. The zero-order valence-corrected chi connectivity index (χ0v) is 12.5. The van der Waals surface area contributed by atoms with E-state index in [0.717, 1.165) is 27.9 Å². The predicted molar refractivity (Wildman–Crippen MR) is 95.3 cm³/mol. The number of hydrogen-bond acceptors (Lipinski definition) is 3. The van der Waals surface area contributed by atoms with Crippen LogP contribution in [0.15, 0.2) is 60.7 Å². The van der Waals surface area contributed by atoms with Crippen molar-refractivity contribution >= 4 is 17.1 Å². The zero-order chi connectivity index (χ0) is 15.7. The Morgan fingerprint density at radius 2 is 1.14 bits per heavy atom. The number of benzene rings is 3. The fraction of sp³-hybridized carbons (Fsp3) is 0.0526. The molecule has 6 N–H and O–H groups in total. The Kier molecular flexibility index (Phi) is 3.47. The van der Waals surface area contributed by atoms with E-state index < -0.39 is 0 Å². The van der Waals surface area contributed by atoms with Crippen molar-refractivity contribution in [3.05, 3.63) is 66.2 Å². The first-order valence-corrected chi connectivity index (χ1v) is 7.16. The van der Waals surface area contributed by atoms with Crippen LogP contribution in [0.4, 0.5) is 17.1 Å². The molecular weight excluding hydrogens is 270 g/mol. The molecule has 0 fully saturated rings. The molecule has 3 rings (SSSR count). The van der Waals surface area contributed by atoms with Crippen LogP contribution >= 0.6 is 0 Å². The minimum atomic E-state index is 0.655. The number of rotatable bonds is 2. The molecule has 0 saturated carbocycles. The predicted octanol–water partition coefficient (Wildman–Crippen LogP) is 4.08. The highest BCUT2D eigenvalue weighted by atomic mass is 14.6. The lowest BCUT2D eigenvalue weighted by molar-refractivity contribution is 1.47. The van der Waals surface area contributed by atoms with Gasteiger partial charge in [-0.1, -0.05) is 48.0 Å². The topological polar surface area (TPSA) is 78.1 Å². The third kappa shape index (κ3) is 2.61. The molecule has 0 unspecified atom stereocenters. The number of anilines is 3. The molecule has 0 heterocycles. The van der Waals surface area contributed by atoms with Gasteiger partial charge in [-0.05, 0) is 36.2 Å². The molecule has 3 aromatic carbocycles. The molecule has 0 aromatic heterocycles. The maximum absolute atomic E-state index is 6.24. The average molecular weight is 289 g/mol. The summed E-state index contributed by atoms with van der Waals surface area (Å²) >= 11 is 0. The summed E-state index contributed by atoms with van der Waals surface area (Å²) in [7, 11) is 0. The van der Waals surface area contributed by atoms with Crippen molar-refractivity contribution in [1.82, 2.24) is 0 Å². The smallest absolute Gasteiger partial charge is 0.0414 e. The van der Waals surface area contributed by atoms with E-state index in [-0.39, 0.29) is 0 Å². The molecular formula is C19H19N3. The van der Waals surface area contributed by atoms with Crippen molar-refractivity contribution in [2.45, 2.75) is 6.92 Å². The Hall–Kier alpha value is -2.94. The summed E-state index contributed by atoms with van der Waals surface area (Å²) in [6.07, 6.45) is 0. The van der Waals surface area contributed by atoms with Gasteiger partial charge in [-0.25, -0.2) is 0 Å². The molecule has 3 heteroatoms. The Bertz CT molecular complexity index is 821. The molecule has 0 radical (unpaired) electrons. The van der Waals surface area contributed by atoms with Crippen molar-refractivity contribution in [3.63, 3.8) is 0 Å². The van der Waals surface area contributed by atoms with E-state index in [2.05, 4.69) is 31.2 Å². The van der Waals surface area contributed by atoms with Gasteiger partial charge in [0.25, 0.3) is 0 Å². The molecule has 3 nitrogen and oxygen atoms in total. The van der Waals surface area contributed by atoms with Crippen LogP contribution in [0.25, 0.3) is 22.3 Å². The molecule has 0 aliphatic heterocycles. The van der Waals surface area contributed by atoms with Gasteiger partial charge in [0, 0.05) is 28.2 Å². The SMILES string of the molecule is Cc1ccc(-c2ccc(-c3ccc(N)cc3N)cc2N)cc1. The second-order valence-electron chi connectivity index (χ2n) is 5.51. The second-order valence-corrected chi connectivity index (χ2v) is 5.51. The highest BCUT2D eigenvalue weighted by Gasteiger charge is 2.07. The molecule has 22 heavy (non-hydrogen) atoms. The van der Waals surface area contributed by atoms with Gasteiger partial charge in [0.2, 0.25) is 0 Å².